The zero-order valence-corrected chi connectivity index (χ0v) is 14.0. The van der Waals surface area contributed by atoms with E-state index in [0.717, 1.165) is 0 Å². The summed E-state index contributed by atoms with van der Waals surface area (Å²) in [4.78, 5) is 22.3. The first-order chi connectivity index (χ1) is 12.5. The minimum atomic E-state index is -0.503. The summed E-state index contributed by atoms with van der Waals surface area (Å²) < 4.78 is 0. The Balaban J connectivity index is 1.68. The Morgan fingerprint density at radius 2 is 2.04 bits per heavy atom. The van der Waals surface area contributed by atoms with E-state index in [4.69, 9.17) is 11.6 Å². The maximum absolute atomic E-state index is 12.1. The third kappa shape index (κ3) is 3.93. The monoisotopic (exact) mass is 369 g/mol. The van der Waals surface area contributed by atoms with Gasteiger partial charge in [0.2, 0.25) is 0 Å². The van der Waals surface area contributed by atoms with E-state index < -0.39 is 10.8 Å². The molecule has 2 N–H and O–H groups in total. The zero-order chi connectivity index (χ0) is 18.5. The van der Waals surface area contributed by atoms with Crippen molar-refractivity contribution in [2.45, 2.75) is 0 Å². The van der Waals surface area contributed by atoms with E-state index in [-0.39, 0.29) is 11.4 Å². The molecule has 0 atom stereocenters. The molecule has 0 radical (unpaired) electrons. The molecule has 9 heteroatoms. The highest BCUT2D eigenvalue weighted by Crippen LogP contribution is 2.26. The van der Waals surface area contributed by atoms with Crippen molar-refractivity contribution in [2.75, 3.05) is 0 Å². The van der Waals surface area contributed by atoms with E-state index in [9.17, 15) is 14.9 Å². The maximum Gasteiger partial charge on any atom is 0.289 e. The van der Waals surface area contributed by atoms with Gasteiger partial charge in [0.05, 0.1) is 21.9 Å². The van der Waals surface area contributed by atoms with Gasteiger partial charge in [-0.3, -0.25) is 20.0 Å². The van der Waals surface area contributed by atoms with Gasteiger partial charge in [-0.2, -0.15) is 10.2 Å². The summed E-state index contributed by atoms with van der Waals surface area (Å²) in [5.74, 6) is -0.502. The van der Waals surface area contributed by atoms with Crippen molar-refractivity contribution in [1.82, 2.24) is 15.6 Å². The summed E-state index contributed by atoms with van der Waals surface area (Å²) in [6, 6.07) is 14.6. The molecule has 0 saturated carbocycles. The number of hydrogen-bond acceptors (Lipinski definition) is 5. The Bertz CT molecular complexity index is 999. The van der Waals surface area contributed by atoms with Crippen LogP contribution in [0.15, 0.2) is 59.7 Å². The highest BCUT2D eigenvalue weighted by atomic mass is 35.5. The molecule has 0 aliphatic heterocycles. The summed E-state index contributed by atoms with van der Waals surface area (Å²) >= 11 is 6.11. The third-order valence-corrected chi connectivity index (χ3v) is 3.76. The lowest BCUT2D eigenvalue weighted by atomic mass is 10.1. The first kappa shape index (κ1) is 17.3. The second kappa shape index (κ2) is 7.58. The predicted molar refractivity (Wildman–Crippen MR) is 97.2 cm³/mol. The van der Waals surface area contributed by atoms with Crippen LogP contribution in [0, 0.1) is 10.1 Å². The summed E-state index contributed by atoms with van der Waals surface area (Å²) in [5, 5.41) is 21.7. The molecular formula is C17H12ClN5O3. The van der Waals surface area contributed by atoms with E-state index >= 15 is 0 Å². The van der Waals surface area contributed by atoms with Gasteiger partial charge >= 0.3 is 0 Å². The summed E-state index contributed by atoms with van der Waals surface area (Å²) in [5.41, 5.74) is 4.20. The zero-order valence-electron chi connectivity index (χ0n) is 13.2. The third-order valence-electron chi connectivity index (χ3n) is 3.43. The molecule has 1 amide bonds. The molecule has 0 aliphatic carbocycles. The molecule has 0 fully saturated rings. The number of carbonyl (C=O) groups excluding carboxylic acids is 1. The minimum absolute atomic E-state index is 0.0572. The molecule has 2 aromatic carbocycles. The van der Waals surface area contributed by atoms with E-state index in [1.807, 2.05) is 6.07 Å². The minimum Gasteiger partial charge on any atom is -0.272 e. The number of halogens is 1. The molecule has 3 rings (SSSR count). The normalized spacial score (nSPS) is 10.8. The number of nitro groups is 1. The fourth-order valence-electron chi connectivity index (χ4n) is 2.19. The number of nitro benzene ring substituents is 1. The molecule has 1 heterocycles. The van der Waals surface area contributed by atoms with Gasteiger partial charge in [-0.25, -0.2) is 5.43 Å². The molecule has 8 nitrogen and oxygen atoms in total. The van der Waals surface area contributed by atoms with Crippen molar-refractivity contribution < 1.29 is 9.72 Å². The van der Waals surface area contributed by atoms with Gasteiger partial charge in [-0.15, -0.1) is 0 Å². The first-order valence-electron chi connectivity index (χ1n) is 7.43. The van der Waals surface area contributed by atoms with E-state index in [1.165, 1.54) is 24.4 Å². The van der Waals surface area contributed by atoms with Crippen LogP contribution in [-0.2, 0) is 0 Å². The molecule has 26 heavy (non-hydrogen) atoms. The number of benzene rings is 2. The van der Waals surface area contributed by atoms with Crippen LogP contribution in [-0.4, -0.2) is 27.2 Å². The van der Waals surface area contributed by atoms with Gasteiger partial charge in [0.1, 0.15) is 5.69 Å². The topological polar surface area (TPSA) is 113 Å². The largest absolute Gasteiger partial charge is 0.289 e. The standard InChI is InChI=1S/C17H12ClN5O3/c18-14-7-2-1-6-13(14)15-9-16(21-20-15)17(24)22-19-10-11-4-3-5-12(8-11)23(25)26/h1-10H,(H,20,21)(H,22,24)/b19-10+. The lowest BCUT2D eigenvalue weighted by molar-refractivity contribution is -0.384. The second-order valence-corrected chi connectivity index (χ2v) is 5.61. The molecule has 0 unspecified atom stereocenters. The van der Waals surface area contributed by atoms with Crippen molar-refractivity contribution in [3.05, 3.63) is 81.0 Å². The van der Waals surface area contributed by atoms with Crippen LogP contribution in [0.5, 0.6) is 0 Å². The van der Waals surface area contributed by atoms with Crippen LogP contribution in [0.1, 0.15) is 16.1 Å². The van der Waals surface area contributed by atoms with Crippen LogP contribution in [0.25, 0.3) is 11.3 Å². The lowest BCUT2D eigenvalue weighted by Crippen LogP contribution is -2.18. The smallest absolute Gasteiger partial charge is 0.272 e. The average molecular weight is 370 g/mol. The first-order valence-corrected chi connectivity index (χ1v) is 7.80. The Kier molecular flexibility index (Phi) is 5.04. The number of aromatic amines is 1. The fourth-order valence-corrected chi connectivity index (χ4v) is 2.42. The summed E-state index contributed by atoms with van der Waals surface area (Å²) in [6.45, 7) is 0. The Morgan fingerprint density at radius 3 is 2.81 bits per heavy atom. The Labute approximate surface area is 152 Å². The van der Waals surface area contributed by atoms with Gasteiger partial charge < -0.3 is 0 Å². The maximum atomic E-state index is 12.1. The quantitative estimate of drug-likeness (QED) is 0.407. The SMILES string of the molecule is O=C(N/N=C/c1cccc([N+](=O)[O-])c1)c1cc(-c2ccccc2Cl)n[nH]1. The number of H-pyrrole nitrogens is 1. The van der Waals surface area contributed by atoms with Crippen LogP contribution >= 0.6 is 11.6 Å². The number of aromatic nitrogens is 2. The van der Waals surface area contributed by atoms with Crippen molar-refractivity contribution in [3.63, 3.8) is 0 Å². The molecule has 3 aromatic rings. The van der Waals surface area contributed by atoms with E-state index in [2.05, 4.69) is 20.7 Å². The number of hydrogen-bond donors (Lipinski definition) is 2. The van der Waals surface area contributed by atoms with Gasteiger partial charge in [-0.05, 0) is 12.1 Å². The van der Waals surface area contributed by atoms with Crippen LogP contribution in [0.2, 0.25) is 5.02 Å². The number of rotatable bonds is 5. The molecule has 0 spiro atoms. The van der Waals surface area contributed by atoms with Crippen molar-refractivity contribution in [2.24, 2.45) is 5.10 Å². The van der Waals surface area contributed by atoms with E-state index in [1.54, 1.807) is 30.3 Å². The van der Waals surface area contributed by atoms with E-state index in [0.29, 0.717) is 21.8 Å². The predicted octanol–water partition coefficient (Wildman–Crippen LogP) is 3.40. The number of non-ortho nitro benzene ring substituents is 1. The van der Waals surface area contributed by atoms with Crippen LogP contribution in [0.3, 0.4) is 0 Å². The number of nitrogens with zero attached hydrogens (tertiary/aromatic N) is 3. The molecule has 0 saturated heterocycles. The van der Waals surface area contributed by atoms with Gasteiger partial charge in [-0.1, -0.05) is 41.9 Å². The molecule has 0 bridgehead atoms. The van der Waals surface area contributed by atoms with Gasteiger partial charge in [0.15, 0.2) is 0 Å². The number of carbonyl (C=O) groups is 1. The Morgan fingerprint density at radius 1 is 1.23 bits per heavy atom. The Hall–Kier alpha value is -3.52. The van der Waals surface area contributed by atoms with Gasteiger partial charge in [0, 0.05) is 23.3 Å². The molecule has 0 aliphatic rings. The van der Waals surface area contributed by atoms with Crippen molar-refractivity contribution in [1.29, 1.82) is 0 Å². The summed E-state index contributed by atoms with van der Waals surface area (Å²) in [6.07, 6.45) is 1.32. The number of hydrazone groups is 1. The van der Waals surface area contributed by atoms with Gasteiger partial charge in [0.25, 0.3) is 11.6 Å². The van der Waals surface area contributed by atoms with Crippen LogP contribution < -0.4 is 5.43 Å². The number of nitrogens with one attached hydrogen (secondary N) is 2. The average Bonchev–Trinajstić information content (AvgIpc) is 3.12. The molecular weight excluding hydrogens is 358 g/mol. The highest BCUT2D eigenvalue weighted by Gasteiger charge is 2.12. The van der Waals surface area contributed by atoms with Crippen molar-refractivity contribution >= 4 is 29.4 Å². The summed E-state index contributed by atoms with van der Waals surface area (Å²) in [7, 11) is 0. The highest BCUT2D eigenvalue weighted by molar-refractivity contribution is 6.33. The lowest BCUT2D eigenvalue weighted by Gasteiger charge is -1.98. The number of amides is 1. The van der Waals surface area contributed by atoms with Crippen LogP contribution in [0.4, 0.5) is 5.69 Å². The van der Waals surface area contributed by atoms with Crippen molar-refractivity contribution in [3.8, 4) is 11.3 Å². The second-order valence-electron chi connectivity index (χ2n) is 5.20. The fraction of sp³-hybridized carbons (Fsp3) is 0. The molecule has 1 aromatic heterocycles. The molecule has 130 valence electrons.